The predicted molar refractivity (Wildman–Crippen MR) is 142 cm³/mol. The monoisotopic (exact) mass is 499 g/mol. The van der Waals surface area contributed by atoms with Crippen LogP contribution in [0.5, 0.6) is 0 Å². The highest BCUT2D eigenvalue weighted by Crippen LogP contribution is 2.30. The van der Waals surface area contributed by atoms with Crippen molar-refractivity contribution in [3.63, 3.8) is 0 Å². The molecule has 1 fully saturated rings. The molecule has 6 nitrogen and oxygen atoms in total. The summed E-state index contributed by atoms with van der Waals surface area (Å²) in [5, 5.41) is 4.99. The normalized spacial score (nSPS) is 15.9. The van der Waals surface area contributed by atoms with Crippen molar-refractivity contribution in [2.24, 2.45) is 0 Å². The molecule has 2 N–H and O–H groups in total. The zero-order valence-corrected chi connectivity index (χ0v) is 20.7. The van der Waals surface area contributed by atoms with E-state index in [4.69, 9.17) is 4.74 Å². The molecular weight excluding hydrogens is 470 g/mol. The van der Waals surface area contributed by atoms with Gasteiger partial charge in [-0.05, 0) is 47.5 Å². The molecule has 184 valence electrons. The second-order valence-electron chi connectivity index (χ2n) is 8.87. The van der Waals surface area contributed by atoms with Gasteiger partial charge in [0.1, 0.15) is 11.7 Å². The number of hydrogen-bond acceptors (Lipinski definition) is 4. The number of aromatic nitrogens is 1. The molecule has 2 aromatic carbocycles. The number of ether oxygens (including phenoxy) is 1. The van der Waals surface area contributed by atoms with Crippen LogP contribution in [0.1, 0.15) is 39.8 Å². The molecule has 36 heavy (non-hydrogen) atoms. The fourth-order valence-electron chi connectivity index (χ4n) is 4.51. The van der Waals surface area contributed by atoms with E-state index in [1.54, 1.807) is 11.0 Å². The molecule has 7 heteroatoms. The highest BCUT2D eigenvalue weighted by molar-refractivity contribution is 7.10. The Balaban J connectivity index is 1.46. The third kappa shape index (κ3) is 5.58. The summed E-state index contributed by atoms with van der Waals surface area (Å²) < 4.78 is 5.69. The summed E-state index contributed by atoms with van der Waals surface area (Å²) in [5.41, 5.74) is 3.25. The minimum absolute atomic E-state index is 0.0213. The standard InChI is InChI=1S/C29H29N3O3S/c33-28(30-19-23-13-7-17-35-23)27(26-14-8-18-36-26)32(20-21-9-3-1-4-10-21)29(34)25-16-15-24(31-25)22-11-5-2-6-12-22/h1-6,8-12,14-16,18,23,27,31H,7,13,17,19-20H2,(H,30,33)/t23-,27+/m1/s1. The van der Waals surface area contributed by atoms with E-state index in [-0.39, 0.29) is 17.9 Å². The number of nitrogens with one attached hydrogen (secondary N) is 2. The lowest BCUT2D eigenvalue weighted by molar-refractivity contribution is -0.126. The van der Waals surface area contributed by atoms with Crippen LogP contribution in [-0.4, -0.2) is 41.0 Å². The van der Waals surface area contributed by atoms with Gasteiger partial charge in [0, 0.05) is 30.3 Å². The van der Waals surface area contributed by atoms with Crippen molar-refractivity contribution >= 4 is 23.2 Å². The third-order valence-electron chi connectivity index (χ3n) is 6.36. The Labute approximate surface area is 214 Å². The van der Waals surface area contributed by atoms with Crippen LogP contribution in [0, 0.1) is 0 Å². The molecule has 0 saturated carbocycles. The summed E-state index contributed by atoms with van der Waals surface area (Å²) in [6, 6.07) is 26.4. The lowest BCUT2D eigenvalue weighted by Gasteiger charge is -2.30. The lowest BCUT2D eigenvalue weighted by atomic mass is 10.1. The summed E-state index contributed by atoms with van der Waals surface area (Å²) in [6.07, 6.45) is 1.96. The molecule has 3 heterocycles. The summed E-state index contributed by atoms with van der Waals surface area (Å²) >= 11 is 1.47. The average molecular weight is 500 g/mol. The SMILES string of the molecule is O=C(NC[C@H]1CCCO1)[C@H](c1cccs1)N(Cc1ccccc1)C(=O)c1ccc(-c2ccccc2)[nH]1. The maximum atomic E-state index is 14.0. The minimum atomic E-state index is -0.761. The van der Waals surface area contributed by atoms with Crippen molar-refractivity contribution in [3.05, 3.63) is 106 Å². The van der Waals surface area contributed by atoms with Gasteiger partial charge in [0.25, 0.3) is 5.91 Å². The Hall–Kier alpha value is -3.68. The van der Waals surface area contributed by atoms with E-state index in [9.17, 15) is 9.59 Å². The van der Waals surface area contributed by atoms with Gasteiger partial charge in [0.05, 0.1) is 6.10 Å². The highest BCUT2D eigenvalue weighted by atomic mass is 32.1. The van der Waals surface area contributed by atoms with E-state index in [1.165, 1.54) is 11.3 Å². The third-order valence-corrected chi connectivity index (χ3v) is 7.28. The van der Waals surface area contributed by atoms with Gasteiger partial charge in [-0.3, -0.25) is 9.59 Å². The number of H-pyrrole nitrogens is 1. The summed E-state index contributed by atoms with van der Waals surface area (Å²) in [7, 11) is 0. The quantitative estimate of drug-likeness (QED) is 0.323. The van der Waals surface area contributed by atoms with Gasteiger partial charge in [-0.15, -0.1) is 11.3 Å². The van der Waals surface area contributed by atoms with Gasteiger partial charge < -0.3 is 19.9 Å². The number of carbonyl (C=O) groups excluding carboxylic acids is 2. The first-order valence-corrected chi connectivity index (χ1v) is 13.1. The van der Waals surface area contributed by atoms with Gasteiger partial charge in [-0.25, -0.2) is 0 Å². The maximum absolute atomic E-state index is 14.0. The Kier molecular flexibility index (Phi) is 7.59. The molecule has 1 aliphatic rings. The average Bonchev–Trinajstić information content (AvgIpc) is 3.71. The zero-order valence-electron chi connectivity index (χ0n) is 19.9. The Morgan fingerprint density at radius 2 is 1.78 bits per heavy atom. The molecular formula is C29H29N3O3S. The fraction of sp³-hybridized carbons (Fsp3) is 0.241. The number of thiophene rings is 1. The van der Waals surface area contributed by atoms with Gasteiger partial charge in [0.2, 0.25) is 5.91 Å². The van der Waals surface area contributed by atoms with Crippen molar-refractivity contribution < 1.29 is 14.3 Å². The molecule has 1 aliphatic heterocycles. The summed E-state index contributed by atoms with van der Waals surface area (Å²) in [6.45, 7) is 1.47. The fourth-order valence-corrected chi connectivity index (χ4v) is 5.34. The van der Waals surface area contributed by atoms with Crippen LogP contribution in [0.3, 0.4) is 0 Å². The highest BCUT2D eigenvalue weighted by Gasteiger charge is 2.34. The number of hydrogen-bond donors (Lipinski definition) is 2. The number of amides is 2. The Morgan fingerprint density at radius 3 is 2.47 bits per heavy atom. The Bertz CT molecular complexity index is 1270. The first-order chi connectivity index (χ1) is 17.7. The number of benzene rings is 2. The molecule has 0 spiro atoms. The molecule has 4 aromatic rings. The van der Waals surface area contributed by atoms with Crippen molar-refractivity contribution in [2.45, 2.75) is 31.5 Å². The number of rotatable bonds is 9. The van der Waals surface area contributed by atoms with Crippen molar-refractivity contribution in [3.8, 4) is 11.3 Å². The molecule has 0 unspecified atom stereocenters. The summed E-state index contributed by atoms with van der Waals surface area (Å²) in [4.78, 5) is 33.4. The maximum Gasteiger partial charge on any atom is 0.271 e. The predicted octanol–water partition coefficient (Wildman–Crippen LogP) is 5.42. The van der Waals surface area contributed by atoms with Crippen molar-refractivity contribution in [2.75, 3.05) is 13.2 Å². The van der Waals surface area contributed by atoms with Crippen LogP contribution in [0.4, 0.5) is 0 Å². The van der Waals surface area contributed by atoms with E-state index < -0.39 is 6.04 Å². The van der Waals surface area contributed by atoms with Gasteiger partial charge in [-0.2, -0.15) is 0 Å². The molecule has 2 amide bonds. The molecule has 2 atom stereocenters. The van der Waals surface area contributed by atoms with Crippen LogP contribution in [0.15, 0.2) is 90.3 Å². The first-order valence-electron chi connectivity index (χ1n) is 12.2. The number of carbonyl (C=O) groups is 2. The lowest BCUT2D eigenvalue weighted by Crippen LogP contribution is -2.44. The van der Waals surface area contributed by atoms with E-state index in [0.717, 1.165) is 41.1 Å². The van der Waals surface area contributed by atoms with E-state index in [0.29, 0.717) is 18.8 Å². The number of aromatic amines is 1. The first kappa shape index (κ1) is 24.0. The summed E-state index contributed by atoms with van der Waals surface area (Å²) in [5.74, 6) is -0.432. The van der Waals surface area contributed by atoms with Crippen LogP contribution in [0.2, 0.25) is 0 Å². The van der Waals surface area contributed by atoms with Gasteiger partial charge in [-0.1, -0.05) is 66.7 Å². The number of nitrogens with zero attached hydrogens (tertiary/aromatic N) is 1. The van der Waals surface area contributed by atoms with Crippen LogP contribution in [0.25, 0.3) is 11.3 Å². The molecule has 5 rings (SSSR count). The van der Waals surface area contributed by atoms with Crippen molar-refractivity contribution in [1.29, 1.82) is 0 Å². The molecule has 0 radical (unpaired) electrons. The molecule has 1 saturated heterocycles. The van der Waals surface area contributed by atoms with E-state index in [2.05, 4.69) is 10.3 Å². The molecule has 0 bridgehead atoms. The smallest absolute Gasteiger partial charge is 0.271 e. The van der Waals surface area contributed by atoms with Crippen LogP contribution in [-0.2, 0) is 16.1 Å². The molecule has 0 aliphatic carbocycles. The second kappa shape index (κ2) is 11.4. The van der Waals surface area contributed by atoms with E-state index >= 15 is 0 Å². The largest absolute Gasteiger partial charge is 0.376 e. The van der Waals surface area contributed by atoms with Crippen LogP contribution < -0.4 is 5.32 Å². The Morgan fingerprint density at radius 1 is 1.00 bits per heavy atom. The second-order valence-corrected chi connectivity index (χ2v) is 9.85. The minimum Gasteiger partial charge on any atom is -0.376 e. The van der Waals surface area contributed by atoms with Gasteiger partial charge >= 0.3 is 0 Å². The van der Waals surface area contributed by atoms with Crippen molar-refractivity contribution in [1.82, 2.24) is 15.2 Å². The zero-order chi connectivity index (χ0) is 24.7. The van der Waals surface area contributed by atoms with Crippen LogP contribution >= 0.6 is 11.3 Å². The van der Waals surface area contributed by atoms with E-state index in [1.807, 2.05) is 84.2 Å². The topological polar surface area (TPSA) is 74.4 Å². The molecule has 2 aromatic heterocycles. The van der Waals surface area contributed by atoms with Gasteiger partial charge in [0.15, 0.2) is 0 Å².